The zero-order chi connectivity index (χ0) is 29.3. The first-order valence-electron chi connectivity index (χ1n) is 13.7. The van der Waals surface area contributed by atoms with Crippen molar-refractivity contribution in [1.29, 1.82) is 0 Å². The molecule has 4 aromatic rings. The van der Waals surface area contributed by atoms with E-state index >= 15 is 0 Å². The highest BCUT2D eigenvalue weighted by Gasteiger charge is 2.41. The molecule has 0 bridgehead atoms. The molecule has 3 aromatic heterocycles. The van der Waals surface area contributed by atoms with E-state index in [0.29, 0.717) is 29.6 Å². The van der Waals surface area contributed by atoms with Crippen LogP contribution in [0.3, 0.4) is 0 Å². The van der Waals surface area contributed by atoms with Crippen molar-refractivity contribution in [3.63, 3.8) is 0 Å². The van der Waals surface area contributed by atoms with Gasteiger partial charge >= 0.3 is 0 Å². The molecule has 1 aromatic carbocycles. The Morgan fingerprint density at radius 2 is 1.80 bits per heavy atom. The molecule has 1 aliphatic rings. The first-order chi connectivity index (χ1) is 19.8. The fraction of sp³-hybridized carbons (Fsp3) is 0.433. The van der Waals surface area contributed by atoms with Crippen LogP contribution in [0.2, 0.25) is 0 Å². The minimum atomic E-state index is -1.05. The van der Waals surface area contributed by atoms with E-state index in [-0.39, 0.29) is 12.6 Å². The molecule has 0 amide bonds. The van der Waals surface area contributed by atoms with E-state index in [2.05, 4.69) is 36.4 Å². The quantitative estimate of drug-likeness (QED) is 0.184. The topological polar surface area (TPSA) is 142 Å². The third-order valence-corrected chi connectivity index (χ3v) is 8.97. The van der Waals surface area contributed by atoms with Crippen LogP contribution in [-0.4, -0.2) is 69.3 Å². The number of hydrogen-bond acceptors (Lipinski definition) is 11. The second kappa shape index (κ2) is 12.2. The van der Waals surface area contributed by atoms with Crippen molar-refractivity contribution in [2.24, 2.45) is 5.92 Å². The van der Waals surface area contributed by atoms with Gasteiger partial charge in [0.15, 0.2) is 0 Å². The summed E-state index contributed by atoms with van der Waals surface area (Å²) in [7, 11) is 3.25. The van der Waals surface area contributed by atoms with Gasteiger partial charge in [0.05, 0.1) is 48.9 Å². The van der Waals surface area contributed by atoms with Gasteiger partial charge < -0.3 is 35.4 Å². The monoisotopic (exact) mass is 579 g/mol. The van der Waals surface area contributed by atoms with Crippen molar-refractivity contribution in [2.75, 3.05) is 31.5 Å². The van der Waals surface area contributed by atoms with E-state index in [9.17, 15) is 15.3 Å². The van der Waals surface area contributed by atoms with Gasteiger partial charge in [-0.05, 0) is 61.6 Å². The molecule has 5 unspecified atom stereocenters. The Bertz CT molecular complexity index is 1470. The predicted octanol–water partition coefficient (Wildman–Crippen LogP) is 4.33. The summed E-state index contributed by atoms with van der Waals surface area (Å²) >= 11 is 1.56. The molecule has 3 heterocycles. The summed E-state index contributed by atoms with van der Waals surface area (Å²) in [6, 6.07) is 7.07. The predicted molar refractivity (Wildman–Crippen MR) is 161 cm³/mol. The van der Waals surface area contributed by atoms with Gasteiger partial charge in [-0.25, -0.2) is 9.97 Å². The number of anilines is 2. The summed E-state index contributed by atoms with van der Waals surface area (Å²) in [6.45, 7) is 6.00. The van der Waals surface area contributed by atoms with Crippen LogP contribution >= 0.6 is 11.3 Å². The second-order valence-corrected chi connectivity index (χ2v) is 11.5. The largest absolute Gasteiger partial charge is 0.497 e. The summed E-state index contributed by atoms with van der Waals surface area (Å²) in [5.74, 6) is 2.24. The third kappa shape index (κ3) is 5.67. The minimum absolute atomic E-state index is 0.138. The van der Waals surface area contributed by atoms with E-state index in [1.807, 2.05) is 24.3 Å². The molecular weight excluding hydrogens is 542 g/mol. The van der Waals surface area contributed by atoms with E-state index in [4.69, 9.17) is 19.4 Å². The number of aliphatic hydroxyl groups is 3. The van der Waals surface area contributed by atoms with Gasteiger partial charge in [0.25, 0.3) is 0 Å². The van der Waals surface area contributed by atoms with Crippen molar-refractivity contribution in [1.82, 2.24) is 15.0 Å². The maximum atomic E-state index is 10.8. The van der Waals surface area contributed by atoms with E-state index in [1.165, 1.54) is 0 Å². The first kappa shape index (κ1) is 29.0. The zero-order valence-electron chi connectivity index (χ0n) is 23.9. The molecule has 1 fully saturated rings. The van der Waals surface area contributed by atoms with Crippen LogP contribution in [0.5, 0.6) is 11.5 Å². The van der Waals surface area contributed by atoms with Crippen molar-refractivity contribution in [3.8, 4) is 22.1 Å². The van der Waals surface area contributed by atoms with Gasteiger partial charge in [-0.3, -0.25) is 4.98 Å². The zero-order valence-corrected chi connectivity index (χ0v) is 24.7. The van der Waals surface area contributed by atoms with E-state index in [1.54, 1.807) is 38.0 Å². The lowest BCUT2D eigenvalue weighted by molar-refractivity contribution is 0.00446. The average Bonchev–Trinajstić information content (AvgIpc) is 3.52. The minimum Gasteiger partial charge on any atom is -0.497 e. The van der Waals surface area contributed by atoms with Crippen LogP contribution in [0.4, 0.5) is 11.6 Å². The number of benzene rings is 1. The summed E-state index contributed by atoms with van der Waals surface area (Å²) < 4.78 is 12.0. The van der Waals surface area contributed by atoms with Crippen molar-refractivity contribution >= 4 is 33.2 Å². The number of methoxy groups -OCH3 is 2. The van der Waals surface area contributed by atoms with Crippen LogP contribution < -0.4 is 20.1 Å². The highest BCUT2D eigenvalue weighted by Crippen LogP contribution is 2.41. The molecule has 0 saturated heterocycles. The van der Waals surface area contributed by atoms with Crippen LogP contribution in [0.1, 0.15) is 43.0 Å². The number of ether oxygens (including phenoxy) is 2. The van der Waals surface area contributed by atoms with Gasteiger partial charge in [0.2, 0.25) is 0 Å². The van der Waals surface area contributed by atoms with Gasteiger partial charge in [-0.2, -0.15) is 0 Å². The Balaban J connectivity index is 1.60. The fourth-order valence-corrected chi connectivity index (χ4v) is 6.57. The lowest BCUT2D eigenvalue weighted by Gasteiger charge is -2.25. The molecule has 5 rings (SSSR count). The number of rotatable bonds is 10. The summed E-state index contributed by atoms with van der Waals surface area (Å²) in [4.78, 5) is 14.2. The molecule has 218 valence electrons. The van der Waals surface area contributed by atoms with Crippen LogP contribution in [0, 0.1) is 12.8 Å². The molecule has 10 nitrogen and oxygen atoms in total. The highest BCUT2D eigenvalue weighted by molar-refractivity contribution is 7.21. The molecular formula is C30H37N5O5S. The lowest BCUT2D eigenvalue weighted by atomic mass is 10.00. The number of aliphatic hydroxyl groups excluding tert-OH is 3. The molecule has 5 N–H and O–H groups in total. The number of nitrogens with one attached hydrogen (secondary N) is 2. The van der Waals surface area contributed by atoms with Crippen molar-refractivity contribution in [3.05, 3.63) is 53.3 Å². The smallest absolute Gasteiger partial charge is 0.139 e. The summed E-state index contributed by atoms with van der Waals surface area (Å²) in [5, 5.41) is 38.8. The average molecular weight is 580 g/mol. The SMILES string of the molecule is CCc1c(NC(C)c2cc(OC)cc(OC)c2)nc(NC2CC(CO)C(O)C2O)c(-c2nc3cnccc3s2)c1C. The van der Waals surface area contributed by atoms with Gasteiger partial charge in [-0.1, -0.05) is 6.92 Å². The maximum Gasteiger partial charge on any atom is 0.139 e. The number of fused-ring (bicyclic) bond motifs is 1. The Morgan fingerprint density at radius 1 is 1.07 bits per heavy atom. The molecule has 1 aliphatic carbocycles. The Morgan fingerprint density at radius 3 is 2.41 bits per heavy atom. The third-order valence-electron chi connectivity index (χ3n) is 7.92. The number of aromatic nitrogens is 3. The molecule has 5 atom stereocenters. The molecule has 0 spiro atoms. The number of nitrogens with zero attached hydrogens (tertiary/aromatic N) is 3. The summed E-state index contributed by atoms with van der Waals surface area (Å²) in [5.41, 5.74) is 4.68. The Labute approximate surface area is 243 Å². The van der Waals surface area contributed by atoms with Crippen molar-refractivity contribution in [2.45, 2.75) is 57.9 Å². The number of pyridine rings is 2. The normalized spacial score (nSPS) is 21.2. The van der Waals surface area contributed by atoms with Gasteiger partial charge in [-0.15, -0.1) is 11.3 Å². The van der Waals surface area contributed by atoms with Crippen LogP contribution in [-0.2, 0) is 6.42 Å². The van der Waals surface area contributed by atoms with E-state index in [0.717, 1.165) is 43.9 Å². The first-order valence-corrected chi connectivity index (χ1v) is 14.6. The maximum absolute atomic E-state index is 10.8. The molecule has 0 aliphatic heterocycles. The fourth-order valence-electron chi connectivity index (χ4n) is 5.54. The van der Waals surface area contributed by atoms with E-state index < -0.39 is 24.2 Å². The number of thiazole rings is 1. The summed E-state index contributed by atoms with van der Waals surface area (Å²) in [6.07, 6.45) is 2.56. The van der Waals surface area contributed by atoms with Gasteiger partial charge in [0.1, 0.15) is 39.8 Å². The molecule has 1 saturated carbocycles. The molecule has 11 heteroatoms. The highest BCUT2D eigenvalue weighted by atomic mass is 32.1. The number of hydrogen-bond donors (Lipinski definition) is 5. The molecule has 41 heavy (non-hydrogen) atoms. The Hall–Kier alpha value is -3.51. The van der Waals surface area contributed by atoms with Crippen LogP contribution in [0.25, 0.3) is 20.8 Å². The van der Waals surface area contributed by atoms with Gasteiger partial charge in [0, 0.05) is 24.8 Å². The lowest BCUT2D eigenvalue weighted by Crippen LogP contribution is -2.35. The second-order valence-electron chi connectivity index (χ2n) is 10.4. The standard InChI is InChI=1S/C30H37N5O5S/c1-6-21-15(2)25(30-34-23-13-31-8-7-24(23)41-30)29(33-22-11-18(14-36)26(37)27(22)38)35-28(21)32-16(3)17-9-19(39-4)12-20(10-17)40-5/h7-10,12-13,16,18,22,26-27,36-38H,6,11,14H2,1-5H3,(H2,32,33,35). The molecule has 0 radical (unpaired) electrons. The van der Waals surface area contributed by atoms with Crippen molar-refractivity contribution < 1.29 is 24.8 Å². The Kier molecular flexibility index (Phi) is 8.60. The van der Waals surface area contributed by atoms with Crippen LogP contribution in [0.15, 0.2) is 36.7 Å².